The molecule has 0 radical (unpaired) electrons. The smallest absolute Gasteiger partial charge is 0.254 e. The summed E-state index contributed by atoms with van der Waals surface area (Å²) in [6.45, 7) is 1.23. The minimum atomic E-state index is -0.713. The van der Waals surface area contributed by atoms with Crippen LogP contribution in [0.3, 0.4) is 0 Å². The summed E-state index contributed by atoms with van der Waals surface area (Å²) in [6.07, 6.45) is 1.48. The van der Waals surface area contributed by atoms with Gasteiger partial charge in [-0.25, -0.2) is 4.39 Å². The summed E-state index contributed by atoms with van der Waals surface area (Å²) in [6, 6.07) is 3.53. The highest BCUT2D eigenvalue weighted by Gasteiger charge is 2.19. The van der Waals surface area contributed by atoms with Crippen LogP contribution in [-0.4, -0.2) is 30.3 Å². The van der Waals surface area contributed by atoms with Gasteiger partial charge < -0.3 is 15.2 Å². The van der Waals surface area contributed by atoms with Crippen LogP contribution in [0.15, 0.2) is 18.2 Å². The Morgan fingerprint density at radius 2 is 2.12 bits per heavy atom. The molecule has 17 heavy (non-hydrogen) atoms. The van der Waals surface area contributed by atoms with Crippen LogP contribution in [0, 0.1) is 5.82 Å². The van der Waals surface area contributed by atoms with Crippen LogP contribution >= 0.6 is 0 Å². The van der Waals surface area contributed by atoms with Gasteiger partial charge in [-0.1, -0.05) is 0 Å². The van der Waals surface area contributed by atoms with Crippen LogP contribution in [-0.2, 0) is 4.74 Å². The number of carbonyl (C=O) groups excluding carboxylic acids is 1. The monoisotopic (exact) mass is 239 g/mol. The van der Waals surface area contributed by atoms with Gasteiger partial charge in [-0.15, -0.1) is 0 Å². The van der Waals surface area contributed by atoms with Crippen LogP contribution < -0.4 is 5.32 Å². The summed E-state index contributed by atoms with van der Waals surface area (Å²) in [5.74, 6) is -1.35. The van der Waals surface area contributed by atoms with Crippen molar-refractivity contribution in [3.63, 3.8) is 0 Å². The quantitative estimate of drug-likeness (QED) is 0.821. The predicted molar refractivity (Wildman–Crippen MR) is 59.4 cm³/mol. The number of carbonyl (C=O) groups is 1. The van der Waals surface area contributed by atoms with E-state index in [0.717, 1.165) is 18.9 Å². The maximum atomic E-state index is 13.4. The number of aromatic hydroxyl groups is 1. The van der Waals surface area contributed by atoms with Gasteiger partial charge in [0.25, 0.3) is 5.91 Å². The molecule has 0 aromatic heterocycles. The third-order valence-electron chi connectivity index (χ3n) is 2.75. The number of rotatable bonds is 2. The lowest BCUT2D eigenvalue weighted by Crippen LogP contribution is -2.39. The van der Waals surface area contributed by atoms with Crippen LogP contribution in [0.2, 0.25) is 0 Å². The Hall–Kier alpha value is -1.62. The Morgan fingerprint density at radius 1 is 1.41 bits per heavy atom. The summed E-state index contributed by atoms with van der Waals surface area (Å²) in [4.78, 5) is 11.8. The molecule has 1 aromatic carbocycles. The van der Waals surface area contributed by atoms with Crippen molar-refractivity contribution in [2.75, 3.05) is 13.2 Å². The summed E-state index contributed by atoms with van der Waals surface area (Å²) in [5, 5.41) is 11.8. The average molecular weight is 239 g/mol. The van der Waals surface area contributed by atoms with E-state index < -0.39 is 11.7 Å². The van der Waals surface area contributed by atoms with Crippen LogP contribution in [0.25, 0.3) is 0 Å². The first kappa shape index (κ1) is 11.9. The molecular formula is C12H14FNO3. The first-order chi connectivity index (χ1) is 8.16. The zero-order chi connectivity index (χ0) is 12.3. The molecule has 92 valence electrons. The lowest BCUT2D eigenvalue weighted by atomic mass is 10.1. The second-order valence-electron chi connectivity index (χ2n) is 4.02. The normalized spacial score (nSPS) is 16.8. The first-order valence-electron chi connectivity index (χ1n) is 5.54. The second-order valence-corrected chi connectivity index (χ2v) is 4.02. The first-order valence-corrected chi connectivity index (χ1v) is 5.54. The maximum Gasteiger partial charge on any atom is 0.254 e. The van der Waals surface area contributed by atoms with Crippen molar-refractivity contribution in [1.29, 1.82) is 0 Å². The Labute approximate surface area is 98.4 Å². The number of phenolic OH excluding ortho intramolecular Hbond substituents is 1. The summed E-state index contributed by atoms with van der Waals surface area (Å²) >= 11 is 0. The van der Waals surface area contributed by atoms with E-state index in [1.54, 1.807) is 0 Å². The molecule has 0 saturated carbocycles. The highest BCUT2D eigenvalue weighted by molar-refractivity contribution is 5.94. The van der Waals surface area contributed by atoms with E-state index in [9.17, 15) is 9.18 Å². The molecule has 1 heterocycles. The van der Waals surface area contributed by atoms with E-state index in [2.05, 4.69) is 5.32 Å². The van der Waals surface area contributed by atoms with Crippen LogP contribution in [0.5, 0.6) is 5.75 Å². The van der Waals surface area contributed by atoms with E-state index >= 15 is 0 Å². The molecule has 1 aromatic rings. The lowest BCUT2D eigenvalue weighted by molar-refractivity contribution is 0.0694. The van der Waals surface area contributed by atoms with Gasteiger partial charge in [0.2, 0.25) is 0 Å². The fraction of sp³-hybridized carbons (Fsp3) is 0.417. The van der Waals surface area contributed by atoms with Crippen molar-refractivity contribution < 1.29 is 19.0 Å². The number of benzene rings is 1. The molecule has 0 aliphatic carbocycles. The molecule has 0 atom stereocenters. The molecule has 1 amide bonds. The van der Waals surface area contributed by atoms with Crippen molar-refractivity contribution in [2.24, 2.45) is 0 Å². The van der Waals surface area contributed by atoms with Gasteiger partial charge in [0.05, 0.1) is 5.56 Å². The fourth-order valence-electron chi connectivity index (χ4n) is 1.79. The molecule has 1 saturated heterocycles. The van der Waals surface area contributed by atoms with Gasteiger partial charge in [-0.2, -0.15) is 0 Å². The Morgan fingerprint density at radius 3 is 2.76 bits per heavy atom. The number of phenols is 1. The molecule has 2 N–H and O–H groups in total. The fourth-order valence-corrected chi connectivity index (χ4v) is 1.79. The minimum Gasteiger partial charge on any atom is -0.508 e. The van der Waals surface area contributed by atoms with Crippen LogP contribution in [0.4, 0.5) is 4.39 Å². The minimum absolute atomic E-state index is 0.0319. The molecule has 1 fully saturated rings. The van der Waals surface area contributed by atoms with Crippen molar-refractivity contribution >= 4 is 5.91 Å². The van der Waals surface area contributed by atoms with Crippen molar-refractivity contribution in [2.45, 2.75) is 18.9 Å². The molecule has 0 unspecified atom stereocenters. The van der Waals surface area contributed by atoms with Gasteiger partial charge >= 0.3 is 0 Å². The molecule has 4 nitrogen and oxygen atoms in total. The number of amides is 1. The summed E-state index contributed by atoms with van der Waals surface area (Å²) in [7, 11) is 0. The van der Waals surface area contributed by atoms with Gasteiger partial charge in [-0.05, 0) is 25.0 Å². The SMILES string of the molecule is O=C(NC1CCOCC1)c1ccc(O)cc1F. The third kappa shape index (κ3) is 2.94. The largest absolute Gasteiger partial charge is 0.508 e. The Balaban J connectivity index is 2.03. The standard InChI is InChI=1S/C12H14FNO3/c13-11-7-9(15)1-2-10(11)12(16)14-8-3-5-17-6-4-8/h1-2,7-8,15H,3-6H2,(H,14,16). The number of halogens is 1. The van der Waals surface area contributed by atoms with Gasteiger partial charge in [-0.3, -0.25) is 4.79 Å². The number of hydrogen-bond donors (Lipinski definition) is 2. The Bertz CT molecular complexity index is 416. The molecule has 2 rings (SSSR count). The highest BCUT2D eigenvalue weighted by atomic mass is 19.1. The maximum absolute atomic E-state index is 13.4. The predicted octanol–water partition coefficient (Wildman–Crippen LogP) is 1.44. The van der Waals surface area contributed by atoms with Crippen LogP contribution in [0.1, 0.15) is 23.2 Å². The third-order valence-corrected chi connectivity index (χ3v) is 2.75. The highest BCUT2D eigenvalue weighted by Crippen LogP contribution is 2.15. The van der Waals surface area contributed by atoms with Gasteiger partial charge in [0.15, 0.2) is 0 Å². The lowest BCUT2D eigenvalue weighted by Gasteiger charge is -2.23. The van der Waals surface area contributed by atoms with Crippen molar-refractivity contribution in [3.8, 4) is 5.75 Å². The molecular weight excluding hydrogens is 225 g/mol. The summed E-state index contributed by atoms with van der Waals surface area (Å²) < 4.78 is 18.6. The number of hydrogen-bond acceptors (Lipinski definition) is 3. The molecule has 1 aliphatic rings. The van der Waals surface area contributed by atoms with E-state index in [1.165, 1.54) is 12.1 Å². The molecule has 0 bridgehead atoms. The topological polar surface area (TPSA) is 58.6 Å². The summed E-state index contributed by atoms with van der Waals surface area (Å²) in [5.41, 5.74) is -0.0470. The van der Waals surface area contributed by atoms with E-state index in [1.807, 2.05) is 0 Å². The molecule has 0 spiro atoms. The number of nitrogens with one attached hydrogen (secondary N) is 1. The van der Waals surface area contributed by atoms with Crippen molar-refractivity contribution in [1.82, 2.24) is 5.32 Å². The average Bonchev–Trinajstić information content (AvgIpc) is 2.30. The molecule has 1 aliphatic heterocycles. The second kappa shape index (κ2) is 5.14. The van der Waals surface area contributed by atoms with E-state index in [4.69, 9.17) is 9.84 Å². The zero-order valence-electron chi connectivity index (χ0n) is 9.28. The Kier molecular flexibility index (Phi) is 3.58. The van der Waals surface area contributed by atoms with Gasteiger partial charge in [0, 0.05) is 25.3 Å². The number of ether oxygens (including phenoxy) is 1. The molecule has 5 heteroatoms. The van der Waals surface area contributed by atoms with E-state index in [0.29, 0.717) is 13.2 Å². The van der Waals surface area contributed by atoms with E-state index in [-0.39, 0.29) is 17.4 Å². The van der Waals surface area contributed by atoms with Gasteiger partial charge in [0.1, 0.15) is 11.6 Å². The van der Waals surface area contributed by atoms with Crippen molar-refractivity contribution in [3.05, 3.63) is 29.6 Å². The zero-order valence-corrected chi connectivity index (χ0v) is 9.28.